The number of nitrogens with one attached hydrogen (secondary N) is 1. The summed E-state index contributed by atoms with van der Waals surface area (Å²) in [4.78, 5) is 2.56. The predicted octanol–water partition coefficient (Wildman–Crippen LogP) is 1.54. The maximum Gasteiger partial charge on any atom is 0.161 e. The Balaban J connectivity index is 1.57. The minimum atomic E-state index is 0.658. The lowest BCUT2D eigenvalue weighted by Gasteiger charge is -2.22. The normalized spacial score (nSPS) is 23.4. The van der Waals surface area contributed by atoms with Crippen molar-refractivity contribution in [2.24, 2.45) is 5.92 Å². The Morgan fingerprint density at radius 2 is 2.10 bits per heavy atom. The number of fused-ring (bicyclic) bond motifs is 1. The van der Waals surface area contributed by atoms with Gasteiger partial charge >= 0.3 is 0 Å². The van der Waals surface area contributed by atoms with Crippen LogP contribution in [0.4, 0.5) is 0 Å². The van der Waals surface area contributed by atoms with Crippen LogP contribution < -0.4 is 14.8 Å². The number of rotatable bonds is 3. The summed E-state index contributed by atoms with van der Waals surface area (Å²) in [6.07, 6.45) is 1.07. The molecule has 2 aliphatic heterocycles. The third kappa shape index (κ3) is 3.44. The lowest BCUT2D eigenvalue weighted by Crippen LogP contribution is -2.31. The molecule has 1 saturated heterocycles. The van der Waals surface area contributed by atoms with E-state index >= 15 is 0 Å². The topological polar surface area (TPSA) is 33.7 Å². The monoisotopic (exact) mass is 276 g/mol. The molecule has 1 aromatic rings. The van der Waals surface area contributed by atoms with Crippen LogP contribution in [0.5, 0.6) is 11.5 Å². The lowest BCUT2D eigenvalue weighted by atomic mass is 10.1. The van der Waals surface area contributed by atoms with Crippen LogP contribution in [0.15, 0.2) is 18.2 Å². The summed E-state index contributed by atoms with van der Waals surface area (Å²) in [5.74, 6) is 2.52. The van der Waals surface area contributed by atoms with Gasteiger partial charge in [-0.2, -0.15) is 0 Å². The average molecular weight is 276 g/mol. The Bertz CT molecular complexity index is 450. The molecule has 1 unspecified atom stereocenters. The second-order valence-corrected chi connectivity index (χ2v) is 5.84. The highest BCUT2D eigenvalue weighted by Crippen LogP contribution is 2.30. The SMILES string of the molecule is CC1CNCCN(CCc2ccc3c(c2)OCCO3)C1. The fourth-order valence-corrected chi connectivity index (χ4v) is 2.92. The van der Waals surface area contributed by atoms with E-state index in [1.54, 1.807) is 0 Å². The van der Waals surface area contributed by atoms with Crippen molar-refractivity contribution in [3.63, 3.8) is 0 Å². The molecule has 20 heavy (non-hydrogen) atoms. The molecule has 1 N–H and O–H groups in total. The first-order chi connectivity index (χ1) is 9.81. The molecule has 2 heterocycles. The number of hydrogen-bond donors (Lipinski definition) is 1. The molecule has 1 fully saturated rings. The van der Waals surface area contributed by atoms with E-state index in [1.807, 2.05) is 6.07 Å². The number of hydrogen-bond acceptors (Lipinski definition) is 4. The molecule has 110 valence electrons. The summed E-state index contributed by atoms with van der Waals surface area (Å²) in [5, 5.41) is 3.49. The molecule has 0 aliphatic carbocycles. The highest BCUT2D eigenvalue weighted by Gasteiger charge is 2.15. The van der Waals surface area contributed by atoms with Gasteiger partial charge in [0.2, 0.25) is 0 Å². The molecule has 2 aliphatic rings. The number of ether oxygens (including phenoxy) is 2. The van der Waals surface area contributed by atoms with Crippen molar-refractivity contribution < 1.29 is 9.47 Å². The second kappa shape index (κ2) is 6.46. The molecule has 0 amide bonds. The smallest absolute Gasteiger partial charge is 0.161 e. The Morgan fingerprint density at radius 1 is 1.25 bits per heavy atom. The molecule has 0 spiro atoms. The average Bonchev–Trinajstić information content (AvgIpc) is 2.69. The standard InChI is InChI=1S/C16H24N2O2/c1-13-11-17-5-7-18(12-13)6-4-14-2-3-15-16(10-14)20-9-8-19-15/h2-3,10,13,17H,4-9,11-12H2,1H3. The highest BCUT2D eigenvalue weighted by atomic mass is 16.6. The summed E-state index contributed by atoms with van der Waals surface area (Å²) >= 11 is 0. The zero-order valence-corrected chi connectivity index (χ0v) is 12.2. The van der Waals surface area contributed by atoms with Crippen molar-refractivity contribution in [3.8, 4) is 11.5 Å². The van der Waals surface area contributed by atoms with Crippen molar-refractivity contribution in [2.75, 3.05) is 45.9 Å². The second-order valence-electron chi connectivity index (χ2n) is 5.84. The summed E-state index contributed by atoms with van der Waals surface area (Å²) in [6, 6.07) is 6.33. The van der Waals surface area contributed by atoms with E-state index in [4.69, 9.17) is 9.47 Å². The molecule has 0 aromatic heterocycles. The first-order valence-electron chi connectivity index (χ1n) is 7.63. The molecule has 1 atom stereocenters. The van der Waals surface area contributed by atoms with Crippen LogP contribution in [0.25, 0.3) is 0 Å². The quantitative estimate of drug-likeness (QED) is 0.908. The van der Waals surface area contributed by atoms with Crippen molar-refractivity contribution in [3.05, 3.63) is 23.8 Å². The van der Waals surface area contributed by atoms with Gasteiger partial charge in [0, 0.05) is 26.2 Å². The van der Waals surface area contributed by atoms with Gasteiger partial charge < -0.3 is 19.7 Å². The number of nitrogens with zero attached hydrogens (tertiary/aromatic N) is 1. The maximum atomic E-state index is 5.64. The van der Waals surface area contributed by atoms with Crippen LogP contribution >= 0.6 is 0 Å². The molecule has 0 radical (unpaired) electrons. The summed E-state index contributed by atoms with van der Waals surface area (Å²) in [6.45, 7) is 9.33. The van der Waals surface area contributed by atoms with Gasteiger partial charge in [-0.1, -0.05) is 13.0 Å². The van der Waals surface area contributed by atoms with Crippen LogP contribution in [0.3, 0.4) is 0 Å². The maximum absolute atomic E-state index is 5.64. The third-order valence-electron chi connectivity index (χ3n) is 3.99. The molecule has 4 nitrogen and oxygen atoms in total. The Labute approximate surface area is 121 Å². The Hall–Kier alpha value is -1.26. The summed E-state index contributed by atoms with van der Waals surface area (Å²) in [7, 11) is 0. The predicted molar refractivity (Wildman–Crippen MR) is 79.6 cm³/mol. The largest absolute Gasteiger partial charge is 0.486 e. The van der Waals surface area contributed by atoms with E-state index in [2.05, 4.69) is 29.3 Å². The fraction of sp³-hybridized carbons (Fsp3) is 0.625. The van der Waals surface area contributed by atoms with E-state index < -0.39 is 0 Å². The molecule has 1 aromatic carbocycles. The van der Waals surface area contributed by atoms with Crippen LogP contribution in [0.1, 0.15) is 12.5 Å². The van der Waals surface area contributed by atoms with Crippen LogP contribution in [-0.4, -0.2) is 50.8 Å². The van der Waals surface area contributed by atoms with E-state index in [1.165, 1.54) is 12.1 Å². The van der Waals surface area contributed by atoms with Crippen LogP contribution in [-0.2, 0) is 6.42 Å². The zero-order valence-electron chi connectivity index (χ0n) is 12.2. The van der Waals surface area contributed by atoms with Crippen molar-refractivity contribution in [1.82, 2.24) is 10.2 Å². The van der Waals surface area contributed by atoms with Gasteiger partial charge in [0.15, 0.2) is 11.5 Å². The Kier molecular flexibility index (Phi) is 4.43. The van der Waals surface area contributed by atoms with Gasteiger partial charge in [0.05, 0.1) is 0 Å². The van der Waals surface area contributed by atoms with Crippen molar-refractivity contribution >= 4 is 0 Å². The molecule has 4 heteroatoms. The minimum Gasteiger partial charge on any atom is -0.486 e. The highest BCUT2D eigenvalue weighted by molar-refractivity contribution is 5.43. The van der Waals surface area contributed by atoms with E-state index in [0.29, 0.717) is 13.2 Å². The van der Waals surface area contributed by atoms with Crippen molar-refractivity contribution in [1.29, 1.82) is 0 Å². The van der Waals surface area contributed by atoms with Crippen molar-refractivity contribution in [2.45, 2.75) is 13.3 Å². The van der Waals surface area contributed by atoms with E-state index in [-0.39, 0.29) is 0 Å². The summed E-state index contributed by atoms with van der Waals surface area (Å²) in [5.41, 5.74) is 1.33. The first kappa shape index (κ1) is 13.7. The Morgan fingerprint density at radius 3 is 3.00 bits per heavy atom. The van der Waals surface area contributed by atoms with Gasteiger partial charge in [0.1, 0.15) is 13.2 Å². The van der Waals surface area contributed by atoms with Gasteiger partial charge in [-0.3, -0.25) is 0 Å². The first-order valence-corrected chi connectivity index (χ1v) is 7.63. The molecule has 0 bridgehead atoms. The summed E-state index contributed by atoms with van der Waals surface area (Å²) < 4.78 is 11.2. The molecule has 0 saturated carbocycles. The van der Waals surface area contributed by atoms with E-state index in [9.17, 15) is 0 Å². The van der Waals surface area contributed by atoms with Gasteiger partial charge in [0.25, 0.3) is 0 Å². The number of benzene rings is 1. The van der Waals surface area contributed by atoms with E-state index in [0.717, 1.165) is 50.0 Å². The zero-order chi connectivity index (χ0) is 13.8. The fourth-order valence-electron chi connectivity index (χ4n) is 2.92. The molecular formula is C16H24N2O2. The van der Waals surface area contributed by atoms with Gasteiger partial charge in [-0.15, -0.1) is 0 Å². The van der Waals surface area contributed by atoms with Gasteiger partial charge in [-0.25, -0.2) is 0 Å². The third-order valence-corrected chi connectivity index (χ3v) is 3.99. The molecular weight excluding hydrogens is 252 g/mol. The lowest BCUT2D eigenvalue weighted by molar-refractivity contribution is 0.171. The van der Waals surface area contributed by atoms with Crippen LogP contribution in [0.2, 0.25) is 0 Å². The van der Waals surface area contributed by atoms with Gasteiger partial charge in [-0.05, 0) is 36.6 Å². The molecule has 3 rings (SSSR count). The van der Waals surface area contributed by atoms with Crippen LogP contribution in [0, 0.1) is 5.92 Å². The minimum absolute atomic E-state index is 0.658.